The SMILES string of the molecule is Cc1nc2c(ncn2[C@@H]2O[C@@]3(COP(=O)(O)OP(=O)(O)OP(=O)(O)O)CO[C@H]2C3O)c(=O)[nH]1. The minimum atomic E-state index is -5.71. The van der Waals surface area contributed by atoms with Crippen molar-refractivity contribution in [3.63, 3.8) is 0 Å². The minimum Gasteiger partial charge on any atom is -0.387 e. The number of phosphoric acid groups is 3. The quantitative estimate of drug-likeness (QED) is 0.217. The molecule has 2 saturated heterocycles. The number of imidazole rings is 1. The molecule has 2 aromatic heterocycles. The Hall–Kier alpha value is -1.36. The first-order valence-electron chi connectivity index (χ1n) is 8.81. The highest BCUT2D eigenvalue weighted by Gasteiger charge is 2.63. The van der Waals surface area contributed by atoms with Crippen LogP contribution < -0.4 is 5.56 Å². The molecule has 4 heterocycles. The second-order valence-corrected chi connectivity index (χ2v) is 11.6. The molecule has 6 N–H and O–H groups in total. The molecule has 2 aromatic rings. The Morgan fingerprint density at radius 2 is 1.94 bits per heavy atom. The van der Waals surface area contributed by atoms with E-state index in [9.17, 15) is 33.4 Å². The minimum absolute atomic E-state index is 0.0104. The van der Waals surface area contributed by atoms with Crippen LogP contribution in [0.4, 0.5) is 0 Å². The number of ether oxygens (including phenoxy) is 2. The van der Waals surface area contributed by atoms with Crippen LogP contribution in [0.1, 0.15) is 12.1 Å². The first-order valence-corrected chi connectivity index (χ1v) is 13.3. The number of aromatic amines is 1. The number of H-pyrrole nitrogens is 1. The lowest BCUT2D eigenvalue weighted by Crippen LogP contribution is -2.44. The number of aryl methyl sites for hydroxylation is 1. The third kappa shape index (κ3) is 4.90. The first-order chi connectivity index (χ1) is 15.1. The molecule has 0 spiro atoms. The number of hydrogen-bond acceptors (Lipinski definition) is 12. The van der Waals surface area contributed by atoms with E-state index in [1.165, 1.54) is 17.8 Å². The van der Waals surface area contributed by atoms with Gasteiger partial charge in [0, 0.05) is 0 Å². The smallest absolute Gasteiger partial charge is 0.387 e. The zero-order valence-electron chi connectivity index (χ0n) is 16.3. The van der Waals surface area contributed by atoms with Gasteiger partial charge in [0.25, 0.3) is 5.56 Å². The van der Waals surface area contributed by atoms with E-state index in [2.05, 4.69) is 28.1 Å². The number of aromatic nitrogens is 4. The zero-order valence-corrected chi connectivity index (χ0v) is 19.0. The summed E-state index contributed by atoms with van der Waals surface area (Å²) >= 11 is 0. The van der Waals surface area contributed by atoms with E-state index in [-0.39, 0.29) is 23.6 Å². The normalized spacial score (nSPS) is 31.0. The first kappa shape index (κ1) is 24.8. The van der Waals surface area contributed by atoms with E-state index in [0.29, 0.717) is 0 Å². The van der Waals surface area contributed by atoms with Gasteiger partial charge >= 0.3 is 23.5 Å². The summed E-state index contributed by atoms with van der Waals surface area (Å²) in [7, 11) is -16.7. The van der Waals surface area contributed by atoms with E-state index in [1.807, 2.05) is 0 Å². The molecule has 2 fully saturated rings. The van der Waals surface area contributed by atoms with Gasteiger partial charge < -0.3 is 39.1 Å². The summed E-state index contributed by atoms with van der Waals surface area (Å²) in [6.45, 7) is 0.296. The summed E-state index contributed by atoms with van der Waals surface area (Å²) in [5.41, 5.74) is -2.16. The van der Waals surface area contributed by atoms with Crippen molar-refractivity contribution in [3.8, 4) is 0 Å². The van der Waals surface area contributed by atoms with Crippen molar-refractivity contribution in [2.45, 2.75) is 31.0 Å². The van der Waals surface area contributed by atoms with Crippen molar-refractivity contribution in [1.82, 2.24) is 19.5 Å². The molecule has 184 valence electrons. The topological polar surface area (TPSA) is 262 Å². The van der Waals surface area contributed by atoms with Gasteiger partial charge in [0.1, 0.15) is 23.6 Å². The van der Waals surface area contributed by atoms with Gasteiger partial charge in [-0.2, -0.15) is 8.62 Å². The number of aliphatic hydroxyl groups is 1. The number of fused-ring (bicyclic) bond motifs is 3. The monoisotopic (exact) mass is 534 g/mol. The largest absolute Gasteiger partial charge is 0.490 e. The maximum Gasteiger partial charge on any atom is 0.490 e. The molecule has 21 heteroatoms. The number of nitrogens with zero attached hydrogens (tertiary/aromatic N) is 3. The van der Waals surface area contributed by atoms with Gasteiger partial charge in [0.15, 0.2) is 17.4 Å². The van der Waals surface area contributed by atoms with Crippen LogP contribution >= 0.6 is 23.5 Å². The van der Waals surface area contributed by atoms with Crippen molar-refractivity contribution in [2.24, 2.45) is 0 Å². The molecular formula is C12H17N4O14P3. The summed E-state index contributed by atoms with van der Waals surface area (Å²) in [5, 5.41) is 10.6. The molecular weight excluding hydrogens is 517 g/mol. The van der Waals surface area contributed by atoms with Crippen molar-refractivity contribution in [3.05, 3.63) is 22.5 Å². The molecule has 18 nitrogen and oxygen atoms in total. The summed E-state index contributed by atoms with van der Waals surface area (Å²) in [6, 6.07) is 0. The lowest BCUT2D eigenvalue weighted by molar-refractivity contribution is -0.183. The molecule has 33 heavy (non-hydrogen) atoms. The van der Waals surface area contributed by atoms with Gasteiger partial charge in [-0.25, -0.2) is 23.7 Å². The van der Waals surface area contributed by atoms with Crippen LogP contribution in [0.2, 0.25) is 0 Å². The highest BCUT2D eigenvalue weighted by Crippen LogP contribution is 2.66. The molecule has 2 bridgehead atoms. The Morgan fingerprint density at radius 3 is 2.61 bits per heavy atom. The molecule has 2 aliphatic heterocycles. The average Bonchev–Trinajstić information content (AvgIpc) is 3.27. The predicted octanol–water partition coefficient (Wildman–Crippen LogP) is -1.20. The van der Waals surface area contributed by atoms with Gasteiger partial charge in [0.05, 0.1) is 19.5 Å². The van der Waals surface area contributed by atoms with Crippen molar-refractivity contribution >= 4 is 34.6 Å². The highest BCUT2D eigenvalue weighted by molar-refractivity contribution is 7.66. The van der Waals surface area contributed by atoms with Gasteiger partial charge in [0.2, 0.25) is 0 Å². The van der Waals surface area contributed by atoms with Crippen LogP contribution in [-0.2, 0) is 36.3 Å². The van der Waals surface area contributed by atoms with Crippen LogP contribution in [0.3, 0.4) is 0 Å². The fraction of sp³-hybridized carbons (Fsp3) is 0.583. The van der Waals surface area contributed by atoms with Crippen LogP contribution in [0.25, 0.3) is 11.2 Å². The Labute approximate surface area is 182 Å². The Bertz CT molecular complexity index is 1290. The maximum atomic E-state index is 12.0. The lowest BCUT2D eigenvalue weighted by atomic mass is 10.0. The molecule has 0 amide bonds. The molecule has 0 radical (unpaired) electrons. The second-order valence-electron chi connectivity index (χ2n) is 7.13. The van der Waals surface area contributed by atoms with Crippen molar-refractivity contribution < 1.29 is 61.0 Å². The van der Waals surface area contributed by atoms with Crippen molar-refractivity contribution in [1.29, 1.82) is 0 Å². The zero-order chi connectivity index (χ0) is 24.4. The maximum absolute atomic E-state index is 12.0. The van der Waals surface area contributed by atoms with E-state index >= 15 is 0 Å². The Balaban J connectivity index is 1.52. The third-order valence-corrected chi connectivity index (χ3v) is 8.50. The predicted molar refractivity (Wildman–Crippen MR) is 101 cm³/mol. The molecule has 2 aliphatic rings. The van der Waals surface area contributed by atoms with Gasteiger partial charge in [-0.05, 0) is 6.92 Å². The highest BCUT2D eigenvalue weighted by atomic mass is 31.3. The van der Waals surface area contributed by atoms with E-state index in [1.54, 1.807) is 0 Å². The average molecular weight is 534 g/mol. The summed E-state index contributed by atoms with van der Waals surface area (Å²) < 4.78 is 58.7. The number of hydrogen-bond donors (Lipinski definition) is 6. The number of rotatable bonds is 8. The molecule has 0 aliphatic carbocycles. The van der Waals surface area contributed by atoms with Gasteiger partial charge in [-0.3, -0.25) is 13.9 Å². The number of aliphatic hydroxyl groups excluding tert-OH is 1. The summed E-state index contributed by atoms with van der Waals surface area (Å²) in [6.07, 6.45) is -2.33. The number of phosphoric ester groups is 1. The molecule has 0 saturated carbocycles. The third-order valence-electron chi connectivity index (χ3n) is 4.72. The van der Waals surface area contributed by atoms with Crippen molar-refractivity contribution in [2.75, 3.05) is 13.2 Å². The van der Waals surface area contributed by atoms with E-state index in [0.717, 1.165) is 0 Å². The Kier molecular flexibility index (Phi) is 6.08. The summed E-state index contributed by atoms with van der Waals surface area (Å²) in [4.78, 5) is 58.7. The van der Waals surface area contributed by atoms with Crippen LogP contribution in [-0.4, -0.2) is 75.2 Å². The van der Waals surface area contributed by atoms with Crippen LogP contribution in [0.5, 0.6) is 0 Å². The van der Waals surface area contributed by atoms with Crippen LogP contribution in [0.15, 0.2) is 11.1 Å². The van der Waals surface area contributed by atoms with Gasteiger partial charge in [-0.1, -0.05) is 0 Å². The van der Waals surface area contributed by atoms with E-state index < -0.39 is 59.7 Å². The molecule has 4 rings (SSSR count). The number of nitrogens with one attached hydrogen (secondary N) is 1. The van der Waals surface area contributed by atoms with Crippen LogP contribution in [0, 0.1) is 6.92 Å². The van der Waals surface area contributed by atoms with E-state index in [4.69, 9.17) is 19.3 Å². The molecule has 6 atom stereocenters. The Morgan fingerprint density at radius 1 is 1.24 bits per heavy atom. The fourth-order valence-electron chi connectivity index (χ4n) is 3.46. The fourth-order valence-corrected chi connectivity index (χ4v) is 6.53. The van der Waals surface area contributed by atoms with Gasteiger partial charge in [-0.15, -0.1) is 0 Å². The molecule has 0 aromatic carbocycles. The summed E-state index contributed by atoms with van der Waals surface area (Å²) in [5.74, 6) is 0.279. The standard InChI is InChI=1S/C12H17N4O14P3/c1-5-14-9-6(10(18)15-5)13-4-16(9)11-7-8(17)12(28-11,2-26-7)3-27-32(22,23)30-33(24,25)29-31(19,20)21/h4,7-8,11,17H,2-3H2,1H3,(H,22,23)(H,24,25)(H,14,15,18)(H2,19,20,21)/t7-,8?,11+,12+/m0/s1. The lowest BCUT2D eigenvalue weighted by Gasteiger charge is -2.31. The second kappa shape index (κ2) is 8.10. The molecule has 3 unspecified atom stereocenters.